The van der Waals surface area contributed by atoms with Crippen molar-refractivity contribution in [1.29, 1.82) is 0 Å². The first kappa shape index (κ1) is 9.89. The van der Waals surface area contributed by atoms with Gasteiger partial charge >= 0.3 is 0 Å². The summed E-state index contributed by atoms with van der Waals surface area (Å²) in [4.78, 5) is 0. The van der Waals surface area contributed by atoms with Gasteiger partial charge in [0.15, 0.2) is 0 Å². The molecule has 0 unspecified atom stereocenters. The molecule has 0 aromatic carbocycles. The molecule has 84 valence electrons. The molecule has 3 aliphatic rings. The molecule has 0 radical (unpaired) electrons. The second kappa shape index (κ2) is 3.10. The topological polar surface area (TPSA) is 20.2 Å². The van der Waals surface area contributed by atoms with Crippen molar-refractivity contribution in [1.82, 2.24) is 0 Å². The molecule has 1 nitrogen and oxygen atoms in total. The van der Waals surface area contributed by atoms with Crippen molar-refractivity contribution in [3.05, 3.63) is 11.6 Å². The molecule has 1 heteroatoms. The molecule has 0 aliphatic heterocycles. The molecule has 0 saturated heterocycles. The van der Waals surface area contributed by atoms with E-state index >= 15 is 0 Å². The molecular formula is C14H22O. The van der Waals surface area contributed by atoms with Crippen LogP contribution in [0.1, 0.15) is 46.0 Å². The molecular weight excluding hydrogens is 184 g/mol. The van der Waals surface area contributed by atoms with Crippen LogP contribution in [-0.2, 0) is 0 Å². The largest absolute Gasteiger partial charge is 0.392 e. The zero-order valence-electron chi connectivity index (χ0n) is 9.87. The van der Waals surface area contributed by atoms with Gasteiger partial charge in [-0.15, -0.1) is 0 Å². The van der Waals surface area contributed by atoms with E-state index in [1.54, 1.807) is 5.57 Å². The number of rotatable bonds is 0. The summed E-state index contributed by atoms with van der Waals surface area (Å²) in [6.45, 7) is 4.68. The molecule has 1 N–H and O–H groups in total. The van der Waals surface area contributed by atoms with E-state index in [0.717, 1.165) is 18.3 Å². The third kappa shape index (κ3) is 1.39. The summed E-state index contributed by atoms with van der Waals surface area (Å²) < 4.78 is 0. The lowest BCUT2D eigenvalue weighted by molar-refractivity contribution is 0.133. The highest BCUT2D eigenvalue weighted by Crippen LogP contribution is 2.55. The quantitative estimate of drug-likeness (QED) is 0.604. The lowest BCUT2D eigenvalue weighted by Gasteiger charge is -2.35. The van der Waals surface area contributed by atoms with E-state index in [2.05, 4.69) is 19.9 Å². The molecule has 15 heavy (non-hydrogen) atoms. The minimum absolute atomic E-state index is 0.0703. The Labute approximate surface area is 92.6 Å². The van der Waals surface area contributed by atoms with Crippen molar-refractivity contribution in [3.8, 4) is 0 Å². The molecule has 2 saturated carbocycles. The van der Waals surface area contributed by atoms with Gasteiger partial charge in [-0.05, 0) is 49.4 Å². The number of hydrogen-bond donors (Lipinski definition) is 1. The number of aliphatic hydroxyl groups excluding tert-OH is 1. The van der Waals surface area contributed by atoms with Crippen molar-refractivity contribution in [3.63, 3.8) is 0 Å². The fourth-order valence-electron chi connectivity index (χ4n) is 4.30. The summed E-state index contributed by atoms with van der Waals surface area (Å²) in [5.74, 6) is 2.08. The van der Waals surface area contributed by atoms with Crippen molar-refractivity contribution in [2.75, 3.05) is 0 Å². The maximum Gasteiger partial charge on any atom is 0.0610 e. The van der Waals surface area contributed by atoms with Crippen molar-refractivity contribution < 1.29 is 5.11 Å². The van der Waals surface area contributed by atoms with Crippen LogP contribution in [0.25, 0.3) is 0 Å². The van der Waals surface area contributed by atoms with Crippen LogP contribution >= 0.6 is 0 Å². The van der Waals surface area contributed by atoms with E-state index in [4.69, 9.17) is 0 Å². The summed E-state index contributed by atoms with van der Waals surface area (Å²) in [5, 5.41) is 10.1. The van der Waals surface area contributed by atoms with Crippen molar-refractivity contribution in [2.45, 2.75) is 52.1 Å². The molecule has 0 aromatic heterocycles. The van der Waals surface area contributed by atoms with Gasteiger partial charge in [0, 0.05) is 5.92 Å². The summed E-state index contributed by atoms with van der Waals surface area (Å²) >= 11 is 0. The fraction of sp³-hybridized carbons (Fsp3) is 0.857. The van der Waals surface area contributed by atoms with Crippen LogP contribution in [0.2, 0.25) is 0 Å². The van der Waals surface area contributed by atoms with Crippen LogP contribution in [-0.4, -0.2) is 11.2 Å². The first-order valence-electron chi connectivity index (χ1n) is 6.46. The number of fused-ring (bicyclic) bond motifs is 2. The lowest BCUT2D eigenvalue weighted by Crippen LogP contribution is -2.28. The maximum absolute atomic E-state index is 10.1. The Morgan fingerprint density at radius 3 is 3.00 bits per heavy atom. The van der Waals surface area contributed by atoms with Crippen molar-refractivity contribution >= 4 is 0 Å². The predicted molar refractivity (Wildman–Crippen MR) is 61.4 cm³/mol. The maximum atomic E-state index is 10.1. The molecule has 4 atom stereocenters. The Bertz CT molecular complexity index is 302. The summed E-state index contributed by atoms with van der Waals surface area (Å²) in [6.07, 6.45) is 8.82. The zero-order chi connectivity index (χ0) is 10.6. The monoisotopic (exact) mass is 206 g/mol. The van der Waals surface area contributed by atoms with Gasteiger partial charge in [0.05, 0.1) is 6.10 Å². The van der Waals surface area contributed by atoms with E-state index in [0.29, 0.717) is 11.3 Å². The van der Waals surface area contributed by atoms with Crippen LogP contribution in [0.15, 0.2) is 11.6 Å². The number of aliphatic hydroxyl groups is 1. The minimum Gasteiger partial charge on any atom is -0.392 e. The lowest BCUT2D eigenvalue weighted by atomic mass is 9.69. The standard InChI is InChI=1S/C14H22O/c1-14(2)8-13(15)11-6-9-4-3-5-10(9)7-12(11)14/h6,10-13,15H,3-5,7-8H2,1-2H3/t10-,11-,12+,13-/m0/s1. The molecule has 0 aromatic rings. The van der Waals surface area contributed by atoms with E-state index in [9.17, 15) is 5.11 Å². The SMILES string of the molecule is CC1(C)C[C@H](O)[C@H]2C=C3CCC[C@H]3C[C@H]21. The van der Waals surface area contributed by atoms with E-state index in [1.165, 1.54) is 25.7 Å². The van der Waals surface area contributed by atoms with Gasteiger partial charge in [0.25, 0.3) is 0 Å². The normalized spacial score (nSPS) is 47.3. The van der Waals surface area contributed by atoms with Gasteiger partial charge in [-0.3, -0.25) is 0 Å². The zero-order valence-corrected chi connectivity index (χ0v) is 9.87. The Hall–Kier alpha value is -0.300. The Morgan fingerprint density at radius 2 is 2.20 bits per heavy atom. The van der Waals surface area contributed by atoms with Crippen LogP contribution < -0.4 is 0 Å². The van der Waals surface area contributed by atoms with Crippen molar-refractivity contribution in [2.24, 2.45) is 23.2 Å². The first-order valence-corrected chi connectivity index (χ1v) is 6.46. The Morgan fingerprint density at radius 1 is 1.40 bits per heavy atom. The summed E-state index contributed by atoms with van der Waals surface area (Å²) in [5.41, 5.74) is 2.03. The Kier molecular flexibility index (Phi) is 2.04. The highest BCUT2D eigenvalue weighted by atomic mass is 16.3. The second-order valence-corrected chi connectivity index (χ2v) is 6.51. The van der Waals surface area contributed by atoms with Gasteiger partial charge in [-0.1, -0.05) is 25.5 Å². The molecule has 0 bridgehead atoms. The summed E-state index contributed by atoms with van der Waals surface area (Å²) in [7, 11) is 0. The molecule has 0 heterocycles. The van der Waals surface area contributed by atoms with Gasteiger partial charge in [-0.25, -0.2) is 0 Å². The number of allylic oxidation sites excluding steroid dienone is 1. The van der Waals surface area contributed by atoms with Gasteiger partial charge in [-0.2, -0.15) is 0 Å². The van der Waals surface area contributed by atoms with Gasteiger partial charge in [0.1, 0.15) is 0 Å². The highest BCUT2D eigenvalue weighted by molar-refractivity contribution is 5.21. The van der Waals surface area contributed by atoms with Gasteiger partial charge in [0.2, 0.25) is 0 Å². The molecule has 0 spiro atoms. The smallest absolute Gasteiger partial charge is 0.0610 e. The first-order chi connectivity index (χ1) is 7.08. The van der Waals surface area contributed by atoms with E-state index in [1.807, 2.05) is 0 Å². The second-order valence-electron chi connectivity index (χ2n) is 6.51. The van der Waals surface area contributed by atoms with Crippen LogP contribution in [0, 0.1) is 23.2 Å². The third-order valence-corrected chi connectivity index (χ3v) is 5.14. The van der Waals surface area contributed by atoms with E-state index in [-0.39, 0.29) is 6.10 Å². The molecule has 3 aliphatic carbocycles. The molecule has 2 fully saturated rings. The predicted octanol–water partition coefficient (Wildman–Crippen LogP) is 3.14. The fourth-order valence-corrected chi connectivity index (χ4v) is 4.30. The molecule has 3 rings (SSSR count). The van der Waals surface area contributed by atoms with Crippen LogP contribution in [0.5, 0.6) is 0 Å². The van der Waals surface area contributed by atoms with Crippen LogP contribution in [0.3, 0.4) is 0 Å². The number of hydrogen-bond acceptors (Lipinski definition) is 1. The third-order valence-electron chi connectivity index (χ3n) is 5.14. The average molecular weight is 206 g/mol. The van der Waals surface area contributed by atoms with Crippen LogP contribution in [0.4, 0.5) is 0 Å². The van der Waals surface area contributed by atoms with E-state index < -0.39 is 0 Å². The molecule has 0 amide bonds. The summed E-state index contributed by atoms with van der Waals surface area (Å²) in [6, 6.07) is 0. The minimum atomic E-state index is -0.0703. The average Bonchev–Trinajstić information content (AvgIpc) is 2.68. The highest BCUT2D eigenvalue weighted by Gasteiger charge is 2.49. The Balaban J connectivity index is 1.94. The van der Waals surface area contributed by atoms with Gasteiger partial charge < -0.3 is 5.11 Å².